The molecule has 0 saturated heterocycles. The highest BCUT2D eigenvalue weighted by Gasteiger charge is 2.30. The van der Waals surface area contributed by atoms with Gasteiger partial charge in [0.25, 0.3) is 5.91 Å². The second-order valence-electron chi connectivity index (χ2n) is 5.63. The Morgan fingerprint density at radius 3 is 2.71 bits per heavy atom. The van der Waals surface area contributed by atoms with Crippen LogP contribution in [-0.4, -0.2) is 41.1 Å². The largest absolute Gasteiger partial charge is 0.481 e. The SMILES string of the molecule is Cc1cccc(OC(C)C(=O)N(CC(=O)O)CC2CC2)c1. The molecule has 0 aromatic heterocycles. The number of aliphatic carboxylic acids is 1. The highest BCUT2D eigenvalue weighted by Crippen LogP contribution is 2.30. The molecule has 1 N–H and O–H groups in total. The summed E-state index contributed by atoms with van der Waals surface area (Å²) < 4.78 is 5.64. The van der Waals surface area contributed by atoms with E-state index in [2.05, 4.69) is 0 Å². The topological polar surface area (TPSA) is 66.8 Å². The van der Waals surface area contributed by atoms with Crippen LogP contribution in [0.2, 0.25) is 0 Å². The maximum absolute atomic E-state index is 12.4. The Morgan fingerprint density at radius 1 is 1.43 bits per heavy atom. The van der Waals surface area contributed by atoms with Gasteiger partial charge in [-0.3, -0.25) is 9.59 Å². The van der Waals surface area contributed by atoms with E-state index in [0.717, 1.165) is 18.4 Å². The number of carboxylic acid groups (broad SMARTS) is 1. The summed E-state index contributed by atoms with van der Waals surface area (Å²) in [5, 5.41) is 8.94. The number of hydrogen-bond acceptors (Lipinski definition) is 3. The highest BCUT2D eigenvalue weighted by molar-refractivity contribution is 5.84. The average molecular weight is 291 g/mol. The minimum Gasteiger partial charge on any atom is -0.481 e. The van der Waals surface area contributed by atoms with Crippen LogP contribution in [0.4, 0.5) is 0 Å². The van der Waals surface area contributed by atoms with Crippen molar-refractivity contribution in [2.75, 3.05) is 13.1 Å². The molecule has 21 heavy (non-hydrogen) atoms. The Morgan fingerprint density at radius 2 is 2.14 bits per heavy atom. The molecule has 0 heterocycles. The van der Waals surface area contributed by atoms with Gasteiger partial charge in [0.05, 0.1) is 0 Å². The molecule has 1 aromatic rings. The Balaban J connectivity index is 1.98. The van der Waals surface area contributed by atoms with Crippen LogP contribution in [0.25, 0.3) is 0 Å². The van der Waals surface area contributed by atoms with Crippen LogP contribution in [0.15, 0.2) is 24.3 Å². The molecule has 0 spiro atoms. The maximum Gasteiger partial charge on any atom is 0.323 e. The van der Waals surface area contributed by atoms with Crippen molar-refractivity contribution in [3.63, 3.8) is 0 Å². The monoisotopic (exact) mass is 291 g/mol. The molecule has 1 saturated carbocycles. The third kappa shape index (κ3) is 4.77. The van der Waals surface area contributed by atoms with Crippen molar-refractivity contribution in [1.82, 2.24) is 4.90 Å². The standard InChI is InChI=1S/C16H21NO4/c1-11-4-3-5-14(8-11)21-12(2)16(20)17(10-15(18)19)9-13-6-7-13/h3-5,8,12-13H,6-7,9-10H2,1-2H3,(H,18,19). The Hall–Kier alpha value is -2.04. The van der Waals surface area contributed by atoms with Crippen molar-refractivity contribution in [3.05, 3.63) is 29.8 Å². The Labute approximate surface area is 124 Å². The number of hydrogen-bond donors (Lipinski definition) is 1. The van der Waals surface area contributed by atoms with Gasteiger partial charge in [0.1, 0.15) is 12.3 Å². The Bertz CT molecular complexity index is 525. The van der Waals surface area contributed by atoms with Crippen molar-refractivity contribution in [1.29, 1.82) is 0 Å². The zero-order valence-corrected chi connectivity index (χ0v) is 12.4. The number of aryl methyl sites for hydroxylation is 1. The minimum absolute atomic E-state index is 0.267. The number of benzene rings is 1. The fourth-order valence-electron chi connectivity index (χ4n) is 2.21. The smallest absolute Gasteiger partial charge is 0.323 e. The number of carbonyl (C=O) groups excluding carboxylic acids is 1. The quantitative estimate of drug-likeness (QED) is 0.835. The minimum atomic E-state index is -0.994. The lowest BCUT2D eigenvalue weighted by atomic mass is 10.2. The van der Waals surface area contributed by atoms with E-state index < -0.39 is 12.1 Å². The van der Waals surface area contributed by atoms with Gasteiger partial charge in [-0.05, 0) is 50.3 Å². The van der Waals surface area contributed by atoms with Crippen molar-refractivity contribution in [3.8, 4) is 5.75 Å². The molecule has 1 amide bonds. The van der Waals surface area contributed by atoms with Gasteiger partial charge >= 0.3 is 5.97 Å². The van der Waals surface area contributed by atoms with Crippen LogP contribution < -0.4 is 4.74 Å². The van der Waals surface area contributed by atoms with Crippen molar-refractivity contribution < 1.29 is 19.4 Å². The van der Waals surface area contributed by atoms with Crippen LogP contribution in [0, 0.1) is 12.8 Å². The van der Waals surface area contributed by atoms with Crippen molar-refractivity contribution in [2.45, 2.75) is 32.8 Å². The number of amides is 1. The molecule has 0 radical (unpaired) electrons. The third-order valence-electron chi connectivity index (χ3n) is 3.46. The molecule has 5 nitrogen and oxygen atoms in total. The summed E-state index contributed by atoms with van der Waals surface area (Å²) in [4.78, 5) is 24.7. The van der Waals surface area contributed by atoms with Crippen LogP contribution in [0.1, 0.15) is 25.3 Å². The fraction of sp³-hybridized carbons (Fsp3) is 0.500. The second kappa shape index (κ2) is 6.61. The Kier molecular flexibility index (Phi) is 4.83. The molecule has 114 valence electrons. The van der Waals surface area contributed by atoms with Gasteiger partial charge < -0.3 is 14.7 Å². The van der Waals surface area contributed by atoms with E-state index >= 15 is 0 Å². The molecule has 5 heteroatoms. The summed E-state index contributed by atoms with van der Waals surface area (Å²) in [6, 6.07) is 7.45. The van der Waals surface area contributed by atoms with Gasteiger partial charge in [-0.25, -0.2) is 0 Å². The normalized spacial score (nSPS) is 15.3. The van der Waals surface area contributed by atoms with Crippen LogP contribution >= 0.6 is 0 Å². The van der Waals surface area contributed by atoms with Crippen molar-refractivity contribution in [2.24, 2.45) is 5.92 Å². The lowest BCUT2D eigenvalue weighted by Crippen LogP contribution is -2.44. The predicted octanol–water partition coefficient (Wildman–Crippen LogP) is 2.09. The van der Waals surface area contributed by atoms with Crippen molar-refractivity contribution >= 4 is 11.9 Å². The molecule has 1 aliphatic carbocycles. The van der Waals surface area contributed by atoms with Crippen LogP contribution in [0.5, 0.6) is 5.75 Å². The second-order valence-corrected chi connectivity index (χ2v) is 5.63. The average Bonchev–Trinajstić information content (AvgIpc) is 3.20. The van der Waals surface area contributed by atoms with E-state index in [-0.39, 0.29) is 12.5 Å². The zero-order valence-electron chi connectivity index (χ0n) is 12.4. The van der Waals surface area contributed by atoms with Gasteiger partial charge in [0.15, 0.2) is 6.10 Å². The van der Waals surface area contributed by atoms with E-state index in [0.29, 0.717) is 18.2 Å². The molecule has 1 aliphatic rings. The van der Waals surface area contributed by atoms with E-state index in [4.69, 9.17) is 9.84 Å². The number of carbonyl (C=O) groups is 2. The van der Waals surface area contributed by atoms with Gasteiger partial charge in [-0.1, -0.05) is 12.1 Å². The van der Waals surface area contributed by atoms with Gasteiger partial charge in [-0.15, -0.1) is 0 Å². The first-order valence-corrected chi connectivity index (χ1v) is 7.19. The first kappa shape index (κ1) is 15.4. The molecule has 1 atom stereocenters. The summed E-state index contributed by atoms with van der Waals surface area (Å²) in [6.45, 7) is 3.85. The van der Waals surface area contributed by atoms with E-state index in [1.54, 1.807) is 13.0 Å². The van der Waals surface area contributed by atoms with Gasteiger partial charge in [-0.2, -0.15) is 0 Å². The fourth-order valence-corrected chi connectivity index (χ4v) is 2.21. The summed E-state index contributed by atoms with van der Waals surface area (Å²) >= 11 is 0. The first-order valence-electron chi connectivity index (χ1n) is 7.19. The molecule has 1 aromatic carbocycles. The highest BCUT2D eigenvalue weighted by atomic mass is 16.5. The number of carboxylic acids is 1. The zero-order chi connectivity index (χ0) is 15.4. The molecule has 0 bridgehead atoms. The van der Waals surface area contributed by atoms with Crippen LogP contribution in [0.3, 0.4) is 0 Å². The molecular formula is C16H21NO4. The van der Waals surface area contributed by atoms with E-state index in [1.807, 2.05) is 25.1 Å². The molecule has 2 rings (SSSR count). The van der Waals surface area contributed by atoms with E-state index in [1.165, 1.54) is 4.90 Å². The van der Waals surface area contributed by atoms with Gasteiger partial charge in [0, 0.05) is 6.54 Å². The summed E-state index contributed by atoms with van der Waals surface area (Å²) in [7, 11) is 0. The summed E-state index contributed by atoms with van der Waals surface area (Å²) in [5.74, 6) is -0.199. The lowest BCUT2D eigenvalue weighted by molar-refractivity contribution is -0.147. The number of nitrogens with zero attached hydrogens (tertiary/aromatic N) is 1. The third-order valence-corrected chi connectivity index (χ3v) is 3.46. The molecule has 1 fully saturated rings. The summed E-state index contributed by atoms with van der Waals surface area (Å²) in [5.41, 5.74) is 1.05. The molecule has 0 aliphatic heterocycles. The predicted molar refractivity (Wildman–Crippen MR) is 78.2 cm³/mol. The number of rotatable bonds is 7. The van der Waals surface area contributed by atoms with Gasteiger partial charge in [0.2, 0.25) is 0 Å². The number of ether oxygens (including phenoxy) is 1. The summed E-state index contributed by atoms with van der Waals surface area (Å²) in [6.07, 6.45) is 1.44. The maximum atomic E-state index is 12.4. The van der Waals surface area contributed by atoms with E-state index in [9.17, 15) is 9.59 Å². The van der Waals surface area contributed by atoms with Crippen LogP contribution in [-0.2, 0) is 9.59 Å². The first-order chi connectivity index (χ1) is 9.95. The lowest BCUT2D eigenvalue weighted by Gasteiger charge is -2.24. The molecular weight excluding hydrogens is 270 g/mol. The molecule has 1 unspecified atom stereocenters.